The average molecular weight is 140 g/mol. The third-order valence-electron chi connectivity index (χ3n) is 0.434. The van der Waals surface area contributed by atoms with Crippen molar-refractivity contribution in [2.24, 2.45) is 5.50 Å². The Hall–Kier alpha value is 0.0800. The third-order valence-corrected chi connectivity index (χ3v) is 1.30. The molecule has 0 spiro atoms. The monoisotopic (exact) mass is 140 g/mol. The highest BCUT2D eigenvalue weighted by molar-refractivity contribution is 7.53. The summed E-state index contributed by atoms with van der Waals surface area (Å²) in [5.41, 5.74) is 4.51. The summed E-state index contributed by atoms with van der Waals surface area (Å²) in [5.74, 6) is 0. The van der Waals surface area contributed by atoms with Gasteiger partial charge in [0.1, 0.15) is 0 Å². The van der Waals surface area contributed by atoms with Crippen LogP contribution in [0.15, 0.2) is 0 Å². The summed E-state index contributed by atoms with van der Waals surface area (Å²) < 4.78 is 21.9. The first-order valence-electron chi connectivity index (χ1n) is 2.28. The largest absolute Gasteiger partial charge is 0.375 e. The molecule has 3 nitrogen and oxygen atoms in total. The first-order chi connectivity index (χ1) is 3.42. The molecule has 0 aromatic heterocycles. The van der Waals surface area contributed by atoms with Crippen LogP contribution < -0.4 is 10.6 Å². The molecule has 50 valence electrons. The van der Waals surface area contributed by atoms with Crippen LogP contribution in [0.2, 0.25) is 0 Å². The van der Waals surface area contributed by atoms with Crippen molar-refractivity contribution in [3.05, 3.63) is 0 Å². The van der Waals surface area contributed by atoms with Gasteiger partial charge in [0.2, 0.25) is 0 Å². The van der Waals surface area contributed by atoms with Gasteiger partial charge in [-0.1, -0.05) is 0 Å². The van der Waals surface area contributed by atoms with E-state index in [-0.39, 0.29) is 6.04 Å². The lowest BCUT2D eigenvalue weighted by Crippen LogP contribution is -2.20. The van der Waals surface area contributed by atoms with Gasteiger partial charge in [-0.25, -0.2) is 10.6 Å². The van der Waals surface area contributed by atoms with E-state index in [1.54, 1.807) is 13.8 Å². The molecule has 0 rings (SSSR count). The predicted molar refractivity (Wildman–Crippen MR) is 31.2 cm³/mol. The minimum absolute atomic E-state index is 0.171. The van der Waals surface area contributed by atoms with Gasteiger partial charge in [0.05, 0.1) is 0 Å². The second kappa shape index (κ2) is 2.58. The topological polar surface area (TPSA) is 55.1 Å². The van der Waals surface area contributed by atoms with Crippen molar-refractivity contribution in [2.75, 3.05) is 0 Å². The quantitative estimate of drug-likeness (QED) is 0.563. The van der Waals surface area contributed by atoms with Crippen molar-refractivity contribution in [1.82, 2.24) is 5.09 Å². The van der Waals surface area contributed by atoms with E-state index in [1.165, 1.54) is 0 Å². The second-order valence-electron chi connectivity index (χ2n) is 1.86. The number of nitrogens with one attached hydrogen (secondary N) is 1. The van der Waals surface area contributed by atoms with Gasteiger partial charge in [-0.3, -0.25) is 4.57 Å². The van der Waals surface area contributed by atoms with E-state index >= 15 is 0 Å². The highest BCUT2D eigenvalue weighted by Gasteiger charge is 2.12. The van der Waals surface area contributed by atoms with Gasteiger partial charge >= 0.3 is 7.75 Å². The normalized spacial score (nSPS) is 18.6. The summed E-state index contributed by atoms with van der Waals surface area (Å²) in [5, 5.41) is 2.05. The molecule has 0 aromatic carbocycles. The fraction of sp³-hybridized carbons (Fsp3) is 1.00. The van der Waals surface area contributed by atoms with Gasteiger partial charge in [0.25, 0.3) is 0 Å². The first-order valence-corrected chi connectivity index (χ1v) is 3.94. The number of rotatable bonds is 2. The molecule has 1 atom stereocenters. The number of hydrogen-bond acceptors (Lipinski definition) is 1. The highest BCUT2D eigenvalue weighted by atomic mass is 31.2. The lowest BCUT2D eigenvalue weighted by molar-refractivity contribution is 0.518. The van der Waals surface area contributed by atoms with Gasteiger partial charge in [0.15, 0.2) is 0 Å². The lowest BCUT2D eigenvalue weighted by Gasteiger charge is -2.06. The molecule has 0 aliphatic carbocycles. The minimum Gasteiger partial charge on any atom is -0.251 e. The van der Waals surface area contributed by atoms with E-state index in [0.29, 0.717) is 0 Å². The lowest BCUT2D eigenvalue weighted by atomic mass is 10.4. The van der Waals surface area contributed by atoms with Gasteiger partial charge in [0, 0.05) is 6.04 Å². The molecule has 0 fully saturated rings. The van der Waals surface area contributed by atoms with Crippen LogP contribution >= 0.6 is 7.75 Å². The average Bonchev–Trinajstić information content (AvgIpc) is 1.21. The molecule has 0 aromatic rings. The van der Waals surface area contributed by atoms with Crippen LogP contribution in [0.25, 0.3) is 0 Å². The van der Waals surface area contributed by atoms with Crippen LogP contribution in [-0.4, -0.2) is 6.04 Å². The summed E-state index contributed by atoms with van der Waals surface area (Å²) in [6.07, 6.45) is 0. The fourth-order valence-electron chi connectivity index (χ4n) is 0.352. The molecule has 8 heavy (non-hydrogen) atoms. The standard InChI is InChI=1S/C3H10FN2OP/c1-3(2)6-8(4,5)7/h3H,1-2H3,(H3,5,6,7). The van der Waals surface area contributed by atoms with Gasteiger partial charge in [-0.05, 0) is 13.8 Å². The SMILES string of the molecule is CC(C)NP(N)(=O)F. The van der Waals surface area contributed by atoms with Gasteiger partial charge < -0.3 is 0 Å². The highest BCUT2D eigenvalue weighted by Crippen LogP contribution is 2.32. The molecule has 0 radical (unpaired) electrons. The third kappa shape index (κ3) is 6.08. The smallest absolute Gasteiger partial charge is 0.251 e. The van der Waals surface area contributed by atoms with Crippen LogP contribution in [0, 0.1) is 0 Å². The van der Waals surface area contributed by atoms with E-state index in [4.69, 9.17) is 0 Å². The van der Waals surface area contributed by atoms with Gasteiger partial charge in [-0.15, -0.1) is 0 Å². The van der Waals surface area contributed by atoms with Crippen molar-refractivity contribution in [3.63, 3.8) is 0 Å². The van der Waals surface area contributed by atoms with Crippen LogP contribution in [0.4, 0.5) is 4.20 Å². The number of nitrogens with two attached hydrogens (primary N) is 1. The maximum absolute atomic E-state index is 11.9. The van der Waals surface area contributed by atoms with Crippen molar-refractivity contribution in [1.29, 1.82) is 0 Å². The van der Waals surface area contributed by atoms with E-state index in [2.05, 4.69) is 5.50 Å². The zero-order valence-corrected chi connectivity index (χ0v) is 5.78. The second-order valence-corrected chi connectivity index (χ2v) is 3.27. The van der Waals surface area contributed by atoms with E-state index in [9.17, 15) is 8.76 Å². The Kier molecular flexibility index (Phi) is 2.60. The van der Waals surface area contributed by atoms with Gasteiger partial charge in [-0.2, -0.15) is 4.20 Å². The molecule has 0 amide bonds. The van der Waals surface area contributed by atoms with Crippen molar-refractivity contribution < 1.29 is 8.76 Å². The maximum atomic E-state index is 11.9. The first kappa shape index (κ1) is 8.08. The molecule has 0 bridgehead atoms. The van der Waals surface area contributed by atoms with Crippen LogP contribution in [0.1, 0.15) is 13.8 Å². The van der Waals surface area contributed by atoms with Crippen molar-refractivity contribution in [2.45, 2.75) is 19.9 Å². The van der Waals surface area contributed by atoms with Crippen LogP contribution in [0.3, 0.4) is 0 Å². The summed E-state index contributed by atoms with van der Waals surface area (Å²) in [4.78, 5) is 0. The zero-order chi connectivity index (χ0) is 6.78. The molecular formula is C3H10FN2OP. The molecule has 0 aliphatic rings. The molecule has 0 saturated carbocycles. The van der Waals surface area contributed by atoms with Crippen LogP contribution in [0.5, 0.6) is 0 Å². The van der Waals surface area contributed by atoms with E-state index < -0.39 is 7.75 Å². The molecule has 0 aliphatic heterocycles. The van der Waals surface area contributed by atoms with Crippen LogP contribution in [-0.2, 0) is 4.57 Å². The molecule has 1 unspecified atom stereocenters. The Balaban J connectivity index is 3.56. The fourth-order valence-corrected chi connectivity index (χ4v) is 1.06. The molecule has 0 heterocycles. The Bertz CT molecular complexity index is 110. The van der Waals surface area contributed by atoms with Crippen molar-refractivity contribution >= 4 is 7.75 Å². The molecule has 0 saturated heterocycles. The van der Waals surface area contributed by atoms with E-state index in [0.717, 1.165) is 0 Å². The van der Waals surface area contributed by atoms with E-state index in [1.807, 2.05) is 5.09 Å². The summed E-state index contributed by atoms with van der Waals surface area (Å²) in [6, 6.07) is -0.171. The molecule has 3 N–H and O–H groups in total. The number of hydrogen-bond donors (Lipinski definition) is 2. The van der Waals surface area contributed by atoms with Crippen molar-refractivity contribution in [3.8, 4) is 0 Å². The predicted octanol–water partition coefficient (Wildman–Crippen LogP) is 1.02. The summed E-state index contributed by atoms with van der Waals surface area (Å²) in [7, 11) is -3.97. The number of halogens is 1. The Labute approximate surface area is 48.0 Å². The Morgan fingerprint density at radius 3 is 2.12 bits per heavy atom. The Morgan fingerprint density at radius 1 is 1.75 bits per heavy atom. The zero-order valence-electron chi connectivity index (χ0n) is 4.89. The Morgan fingerprint density at radius 2 is 2.12 bits per heavy atom. The summed E-state index contributed by atoms with van der Waals surface area (Å²) in [6.45, 7) is 3.33. The molecular weight excluding hydrogens is 130 g/mol. The minimum atomic E-state index is -3.97. The maximum Gasteiger partial charge on any atom is 0.375 e. The molecule has 5 heteroatoms. The summed E-state index contributed by atoms with van der Waals surface area (Å²) >= 11 is 0.